The van der Waals surface area contributed by atoms with Crippen molar-refractivity contribution in [2.45, 2.75) is 37.9 Å². The molecule has 2 N–H and O–H groups in total. The van der Waals surface area contributed by atoms with E-state index < -0.39 is 5.60 Å². The number of aromatic amines is 1. The molecule has 4 heteroatoms. The van der Waals surface area contributed by atoms with Crippen molar-refractivity contribution >= 4 is 11.8 Å². The highest BCUT2D eigenvalue weighted by Gasteiger charge is 2.13. The van der Waals surface area contributed by atoms with Gasteiger partial charge in [-0.05, 0) is 20.3 Å². The smallest absolute Gasteiger partial charge is 0.165 e. The lowest BCUT2D eigenvalue weighted by atomic mass is 10.2. The van der Waals surface area contributed by atoms with Gasteiger partial charge in [0.25, 0.3) is 0 Å². The number of hydrogen-bond acceptors (Lipinski definition) is 3. The highest BCUT2D eigenvalue weighted by atomic mass is 32.2. The summed E-state index contributed by atoms with van der Waals surface area (Å²) in [5.74, 6) is 0.656. The third-order valence-corrected chi connectivity index (χ3v) is 2.88. The summed E-state index contributed by atoms with van der Waals surface area (Å²) in [6.45, 7) is 5.67. The molecule has 0 aliphatic rings. The van der Waals surface area contributed by atoms with Crippen LogP contribution in [-0.4, -0.2) is 26.4 Å². The van der Waals surface area contributed by atoms with E-state index in [1.54, 1.807) is 25.6 Å². The fourth-order valence-electron chi connectivity index (χ4n) is 0.836. The minimum atomic E-state index is -0.635. The van der Waals surface area contributed by atoms with Crippen molar-refractivity contribution in [3.63, 3.8) is 0 Å². The topological polar surface area (TPSA) is 48.9 Å². The molecule has 0 unspecified atom stereocenters. The number of aryl methyl sites for hydroxylation is 1. The van der Waals surface area contributed by atoms with Gasteiger partial charge in [0.15, 0.2) is 5.16 Å². The van der Waals surface area contributed by atoms with Gasteiger partial charge in [0.05, 0.1) is 5.60 Å². The second-order valence-electron chi connectivity index (χ2n) is 3.67. The SMILES string of the molecule is CCc1cnc(SCC(C)(C)O)[nH]1. The number of imidazole rings is 1. The van der Waals surface area contributed by atoms with Crippen LogP contribution in [0.25, 0.3) is 0 Å². The zero-order valence-corrected chi connectivity index (χ0v) is 9.11. The van der Waals surface area contributed by atoms with E-state index in [9.17, 15) is 5.11 Å². The largest absolute Gasteiger partial charge is 0.390 e. The molecule has 0 atom stereocenters. The maximum atomic E-state index is 9.48. The molecule has 0 saturated heterocycles. The lowest BCUT2D eigenvalue weighted by Crippen LogP contribution is -2.21. The Hall–Kier alpha value is -0.480. The number of rotatable bonds is 4. The van der Waals surface area contributed by atoms with Crippen LogP contribution in [0.4, 0.5) is 0 Å². The van der Waals surface area contributed by atoms with Crippen LogP contribution < -0.4 is 0 Å². The van der Waals surface area contributed by atoms with E-state index in [0.29, 0.717) is 5.75 Å². The standard InChI is InChI=1S/C9H16N2OS/c1-4-7-5-10-8(11-7)13-6-9(2,3)12/h5,12H,4,6H2,1-3H3,(H,10,11). The van der Waals surface area contributed by atoms with Crippen LogP contribution in [0.3, 0.4) is 0 Å². The summed E-state index contributed by atoms with van der Waals surface area (Å²) in [6.07, 6.45) is 2.81. The first-order valence-corrected chi connectivity index (χ1v) is 5.39. The molecule has 1 rings (SSSR count). The molecule has 1 aromatic heterocycles. The van der Waals surface area contributed by atoms with Crippen LogP contribution in [-0.2, 0) is 6.42 Å². The Balaban J connectivity index is 2.46. The third kappa shape index (κ3) is 3.83. The number of nitrogens with zero attached hydrogens (tertiary/aromatic N) is 1. The van der Waals surface area contributed by atoms with Crippen LogP contribution in [0.15, 0.2) is 11.4 Å². The minimum absolute atomic E-state index is 0.635. The van der Waals surface area contributed by atoms with Gasteiger partial charge in [0, 0.05) is 17.6 Å². The molecular weight excluding hydrogens is 184 g/mol. The summed E-state index contributed by atoms with van der Waals surface area (Å²) in [7, 11) is 0. The fraction of sp³-hybridized carbons (Fsp3) is 0.667. The van der Waals surface area contributed by atoms with Crippen molar-refractivity contribution in [1.82, 2.24) is 9.97 Å². The number of aromatic nitrogens is 2. The van der Waals surface area contributed by atoms with Gasteiger partial charge < -0.3 is 10.1 Å². The molecule has 0 amide bonds. The lowest BCUT2D eigenvalue weighted by Gasteiger charge is -2.14. The number of aliphatic hydroxyl groups is 1. The van der Waals surface area contributed by atoms with Crippen LogP contribution in [0.1, 0.15) is 26.5 Å². The fourth-order valence-corrected chi connectivity index (χ4v) is 1.66. The highest BCUT2D eigenvalue weighted by molar-refractivity contribution is 7.99. The molecule has 3 nitrogen and oxygen atoms in total. The van der Waals surface area contributed by atoms with Crippen molar-refractivity contribution in [2.24, 2.45) is 0 Å². The Morgan fingerprint density at radius 1 is 1.62 bits per heavy atom. The summed E-state index contributed by atoms with van der Waals surface area (Å²) in [5, 5.41) is 10.4. The monoisotopic (exact) mass is 200 g/mol. The summed E-state index contributed by atoms with van der Waals surface area (Å²) in [5.41, 5.74) is 0.502. The molecule has 0 saturated carbocycles. The van der Waals surface area contributed by atoms with Gasteiger partial charge >= 0.3 is 0 Å². The molecule has 1 aromatic rings. The zero-order chi connectivity index (χ0) is 9.90. The quantitative estimate of drug-likeness (QED) is 0.729. The molecule has 13 heavy (non-hydrogen) atoms. The summed E-state index contributed by atoms with van der Waals surface area (Å²) < 4.78 is 0. The zero-order valence-electron chi connectivity index (χ0n) is 8.29. The lowest BCUT2D eigenvalue weighted by molar-refractivity contribution is 0.107. The van der Waals surface area contributed by atoms with E-state index in [4.69, 9.17) is 0 Å². The Bertz CT molecular complexity index is 265. The number of hydrogen-bond donors (Lipinski definition) is 2. The molecule has 0 aliphatic carbocycles. The van der Waals surface area contributed by atoms with E-state index in [0.717, 1.165) is 17.3 Å². The van der Waals surface area contributed by atoms with Crippen LogP contribution in [0, 0.1) is 0 Å². The molecule has 0 fully saturated rings. The van der Waals surface area contributed by atoms with E-state index in [2.05, 4.69) is 16.9 Å². The summed E-state index contributed by atoms with van der Waals surface area (Å²) >= 11 is 1.55. The highest BCUT2D eigenvalue weighted by Crippen LogP contribution is 2.19. The molecule has 0 radical (unpaired) electrons. The Morgan fingerprint density at radius 2 is 2.31 bits per heavy atom. The van der Waals surface area contributed by atoms with Gasteiger partial charge in [-0.25, -0.2) is 4.98 Å². The second-order valence-corrected chi connectivity index (χ2v) is 4.63. The van der Waals surface area contributed by atoms with Crippen LogP contribution in [0.2, 0.25) is 0 Å². The van der Waals surface area contributed by atoms with Crippen LogP contribution in [0.5, 0.6) is 0 Å². The van der Waals surface area contributed by atoms with Crippen LogP contribution >= 0.6 is 11.8 Å². The predicted octanol–water partition coefficient (Wildman–Crippen LogP) is 1.84. The van der Waals surface area contributed by atoms with Gasteiger partial charge in [-0.2, -0.15) is 0 Å². The van der Waals surface area contributed by atoms with Crippen molar-refractivity contribution < 1.29 is 5.11 Å². The van der Waals surface area contributed by atoms with E-state index in [-0.39, 0.29) is 0 Å². The van der Waals surface area contributed by atoms with Crippen molar-refractivity contribution in [2.75, 3.05) is 5.75 Å². The Morgan fingerprint density at radius 3 is 2.77 bits per heavy atom. The van der Waals surface area contributed by atoms with Crippen molar-refractivity contribution in [3.05, 3.63) is 11.9 Å². The van der Waals surface area contributed by atoms with E-state index >= 15 is 0 Å². The van der Waals surface area contributed by atoms with E-state index in [1.807, 2.05) is 6.20 Å². The normalized spacial score (nSPS) is 12.0. The van der Waals surface area contributed by atoms with E-state index in [1.165, 1.54) is 0 Å². The van der Waals surface area contributed by atoms with Gasteiger partial charge in [-0.1, -0.05) is 18.7 Å². The molecule has 0 bridgehead atoms. The summed E-state index contributed by atoms with van der Waals surface area (Å²) in [4.78, 5) is 7.36. The van der Waals surface area contributed by atoms with Gasteiger partial charge in [0.1, 0.15) is 0 Å². The van der Waals surface area contributed by atoms with Crippen molar-refractivity contribution in [3.8, 4) is 0 Å². The number of thioether (sulfide) groups is 1. The number of nitrogens with one attached hydrogen (secondary N) is 1. The maximum absolute atomic E-state index is 9.48. The maximum Gasteiger partial charge on any atom is 0.165 e. The third-order valence-electron chi connectivity index (χ3n) is 1.55. The van der Waals surface area contributed by atoms with Gasteiger partial charge in [-0.15, -0.1) is 0 Å². The average molecular weight is 200 g/mol. The Labute approximate surface area is 83.0 Å². The molecular formula is C9H16N2OS. The molecule has 74 valence electrons. The molecule has 0 aromatic carbocycles. The summed E-state index contributed by atoms with van der Waals surface area (Å²) in [6, 6.07) is 0. The Kier molecular flexibility index (Phi) is 3.39. The van der Waals surface area contributed by atoms with Crippen molar-refractivity contribution in [1.29, 1.82) is 0 Å². The second kappa shape index (κ2) is 4.15. The van der Waals surface area contributed by atoms with Gasteiger partial charge in [0.2, 0.25) is 0 Å². The molecule has 0 aliphatic heterocycles. The minimum Gasteiger partial charge on any atom is -0.390 e. The average Bonchev–Trinajstić information content (AvgIpc) is 2.47. The van der Waals surface area contributed by atoms with Gasteiger partial charge in [-0.3, -0.25) is 0 Å². The molecule has 0 spiro atoms. The first-order valence-electron chi connectivity index (χ1n) is 4.40. The number of H-pyrrole nitrogens is 1. The predicted molar refractivity (Wildman–Crippen MR) is 55.0 cm³/mol. The molecule has 1 heterocycles. The first-order chi connectivity index (χ1) is 6.01. The first kappa shape index (κ1) is 10.6.